The third-order valence-corrected chi connectivity index (χ3v) is 9.80. The second-order valence-electron chi connectivity index (χ2n) is 12.5. The normalized spacial score (nSPS) is 11.8. The van der Waals surface area contributed by atoms with Crippen LogP contribution in [0.4, 0.5) is 17.1 Å². The summed E-state index contributed by atoms with van der Waals surface area (Å²) in [5.74, 6) is 0. The fourth-order valence-electron chi connectivity index (χ4n) is 7.66. The molecular formula is C46H29NO. The SMILES string of the molecule is c1ccc(-c2ccccc2N(c2ccc3c(ccc4ccc5ccccc5c43)c2)c2cccc3oc4ccc5ccccc5c4c23)cc1. The molecule has 0 N–H and O–H groups in total. The molecular weight excluding hydrogens is 583 g/mol. The number of para-hydroxylation sites is 1. The zero-order chi connectivity index (χ0) is 31.6. The van der Waals surface area contributed by atoms with Gasteiger partial charge in [-0.1, -0.05) is 140 Å². The van der Waals surface area contributed by atoms with Gasteiger partial charge in [-0.25, -0.2) is 0 Å². The van der Waals surface area contributed by atoms with E-state index >= 15 is 0 Å². The molecule has 0 fully saturated rings. The molecule has 0 atom stereocenters. The first kappa shape index (κ1) is 26.8. The van der Waals surface area contributed by atoms with E-state index in [2.05, 4.69) is 181 Å². The Kier molecular flexibility index (Phi) is 5.91. The Morgan fingerprint density at radius 2 is 0.958 bits per heavy atom. The van der Waals surface area contributed by atoms with Crippen LogP contribution >= 0.6 is 0 Å². The van der Waals surface area contributed by atoms with Crippen LogP contribution < -0.4 is 4.90 Å². The minimum absolute atomic E-state index is 0.874. The first-order chi connectivity index (χ1) is 23.8. The molecule has 0 radical (unpaired) electrons. The van der Waals surface area contributed by atoms with Crippen LogP contribution in [0, 0.1) is 0 Å². The van der Waals surface area contributed by atoms with Gasteiger partial charge >= 0.3 is 0 Å². The summed E-state index contributed by atoms with van der Waals surface area (Å²) in [5.41, 5.74) is 7.38. The fourth-order valence-corrected chi connectivity index (χ4v) is 7.66. The Morgan fingerprint density at radius 1 is 0.354 bits per heavy atom. The second kappa shape index (κ2) is 10.6. The maximum atomic E-state index is 6.57. The van der Waals surface area contributed by atoms with Gasteiger partial charge in [0, 0.05) is 16.6 Å². The summed E-state index contributed by atoms with van der Waals surface area (Å²) < 4.78 is 6.57. The highest BCUT2D eigenvalue weighted by Gasteiger charge is 2.23. The molecule has 0 amide bonds. The van der Waals surface area contributed by atoms with Gasteiger partial charge < -0.3 is 9.32 Å². The van der Waals surface area contributed by atoms with Gasteiger partial charge in [-0.2, -0.15) is 0 Å². The van der Waals surface area contributed by atoms with Crippen LogP contribution in [-0.2, 0) is 0 Å². The quantitative estimate of drug-likeness (QED) is 0.184. The first-order valence-corrected chi connectivity index (χ1v) is 16.4. The Hall–Kier alpha value is -6.38. The van der Waals surface area contributed by atoms with Crippen molar-refractivity contribution in [1.29, 1.82) is 0 Å². The molecule has 0 saturated carbocycles. The number of nitrogens with zero attached hydrogens (tertiary/aromatic N) is 1. The summed E-state index contributed by atoms with van der Waals surface area (Å²) in [6.45, 7) is 0. The van der Waals surface area contributed by atoms with Gasteiger partial charge in [0.2, 0.25) is 0 Å². The predicted molar refractivity (Wildman–Crippen MR) is 204 cm³/mol. The van der Waals surface area contributed by atoms with Crippen LogP contribution in [0.15, 0.2) is 180 Å². The summed E-state index contributed by atoms with van der Waals surface area (Å²) in [7, 11) is 0. The van der Waals surface area contributed by atoms with Gasteiger partial charge in [0.1, 0.15) is 11.2 Å². The van der Waals surface area contributed by atoms with Crippen LogP contribution in [0.1, 0.15) is 0 Å². The predicted octanol–water partition coefficient (Wildman–Crippen LogP) is 13.3. The second-order valence-corrected chi connectivity index (χ2v) is 12.5. The minimum Gasteiger partial charge on any atom is -0.456 e. The van der Waals surface area contributed by atoms with Gasteiger partial charge in [-0.15, -0.1) is 0 Å². The Bertz CT molecular complexity index is 2850. The maximum absolute atomic E-state index is 6.57. The summed E-state index contributed by atoms with van der Waals surface area (Å²) in [4.78, 5) is 2.42. The topological polar surface area (TPSA) is 16.4 Å². The monoisotopic (exact) mass is 611 g/mol. The van der Waals surface area contributed by atoms with Crippen molar-refractivity contribution in [2.45, 2.75) is 0 Å². The van der Waals surface area contributed by atoms with E-state index < -0.39 is 0 Å². The van der Waals surface area contributed by atoms with Crippen molar-refractivity contribution in [3.05, 3.63) is 176 Å². The van der Waals surface area contributed by atoms with Crippen LogP contribution in [0.25, 0.3) is 76.2 Å². The number of hydrogen-bond donors (Lipinski definition) is 0. The summed E-state index contributed by atoms with van der Waals surface area (Å²) in [5, 5.41) is 12.2. The first-order valence-electron chi connectivity index (χ1n) is 16.4. The molecule has 0 aliphatic heterocycles. The van der Waals surface area contributed by atoms with E-state index in [1.165, 1.54) is 48.7 Å². The van der Waals surface area contributed by atoms with Gasteiger partial charge in [0.15, 0.2) is 0 Å². The van der Waals surface area contributed by atoms with Crippen LogP contribution in [0.3, 0.4) is 0 Å². The molecule has 0 aliphatic carbocycles. The van der Waals surface area contributed by atoms with Crippen molar-refractivity contribution in [3.8, 4) is 11.1 Å². The average molecular weight is 612 g/mol. The summed E-state index contributed by atoms with van der Waals surface area (Å²) in [6, 6.07) is 63.3. The average Bonchev–Trinajstić information content (AvgIpc) is 3.55. The number of rotatable bonds is 4. The lowest BCUT2D eigenvalue weighted by atomic mass is 9.95. The van der Waals surface area contributed by atoms with Crippen molar-refractivity contribution in [2.75, 3.05) is 4.90 Å². The van der Waals surface area contributed by atoms with E-state index in [1.54, 1.807) is 0 Å². The number of fused-ring (bicyclic) bond motifs is 10. The molecule has 0 bridgehead atoms. The molecule has 10 aromatic rings. The lowest BCUT2D eigenvalue weighted by molar-refractivity contribution is 0.669. The van der Waals surface area contributed by atoms with Crippen molar-refractivity contribution >= 4 is 82.1 Å². The lowest BCUT2D eigenvalue weighted by Gasteiger charge is -2.29. The molecule has 0 aliphatic rings. The van der Waals surface area contributed by atoms with Crippen LogP contribution in [0.5, 0.6) is 0 Å². The summed E-state index contributed by atoms with van der Waals surface area (Å²) >= 11 is 0. The molecule has 1 aromatic heterocycles. The van der Waals surface area contributed by atoms with Crippen molar-refractivity contribution in [1.82, 2.24) is 0 Å². The molecule has 0 saturated heterocycles. The van der Waals surface area contributed by atoms with E-state index in [4.69, 9.17) is 4.42 Å². The molecule has 10 rings (SSSR count). The number of hydrogen-bond acceptors (Lipinski definition) is 2. The Balaban J connectivity index is 1.30. The molecule has 9 aromatic carbocycles. The van der Waals surface area contributed by atoms with Gasteiger partial charge in [-0.3, -0.25) is 0 Å². The van der Waals surface area contributed by atoms with Gasteiger partial charge in [0.25, 0.3) is 0 Å². The van der Waals surface area contributed by atoms with Crippen LogP contribution in [-0.4, -0.2) is 0 Å². The Labute approximate surface area is 277 Å². The number of anilines is 3. The number of benzene rings is 9. The third-order valence-electron chi connectivity index (χ3n) is 9.80. The fraction of sp³-hybridized carbons (Fsp3) is 0. The highest BCUT2D eigenvalue weighted by Crippen LogP contribution is 2.48. The molecule has 0 spiro atoms. The maximum Gasteiger partial charge on any atom is 0.137 e. The van der Waals surface area contributed by atoms with E-state index in [9.17, 15) is 0 Å². The van der Waals surface area contributed by atoms with E-state index in [0.717, 1.165) is 44.6 Å². The van der Waals surface area contributed by atoms with E-state index in [0.29, 0.717) is 0 Å². The third kappa shape index (κ3) is 4.06. The zero-order valence-electron chi connectivity index (χ0n) is 26.1. The molecule has 48 heavy (non-hydrogen) atoms. The van der Waals surface area contributed by atoms with Crippen LogP contribution in [0.2, 0.25) is 0 Å². The molecule has 2 heteroatoms. The largest absolute Gasteiger partial charge is 0.456 e. The van der Waals surface area contributed by atoms with Crippen molar-refractivity contribution in [2.24, 2.45) is 0 Å². The van der Waals surface area contributed by atoms with Crippen molar-refractivity contribution in [3.63, 3.8) is 0 Å². The molecule has 224 valence electrons. The standard InChI is InChI=1S/C46H29NO/c1-2-11-30(12-3-1)36-15-8-9-18-40(36)47(41-19-10-20-42-46(41)45-38-17-7-5-14-32(38)25-28-43(45)48-42)35-26-27-39-34(29-35)24-23-33-22-21-31-13-4-6-16-37(31)44(33)39/h1-29H. The Morgan fingerprint density at radius 3 is 1.79 bits per heavy atom. The van der Waals surface area contributed by atoms with Crippen molar-refractivity contribution < 1.29 is 4.42 Å². The molecule has 0 unspecified atom stereocenters. The zero-order valence-corrected chi connectivity index (χ0v) is 26.1. The summed E-state index contributed by atoms with van der Waals surface area (Å²) in [6.07, 6.45) is 0. The molecule has 2 nitrogen and oxygen atoms in total. The van der Waals surface area contributed by atoms with Gasteiger partial charge in [0.05, 0.1) is 16.8 Å². The molecule has 1 heterocycles. The lowest BCUT2D eigenvalue weighted by Crippen LogP contribution is -2.11. The highest BCUT2D eigenvalue weighted by molar-refractivity contribution is 6.24. The minimum atomic E-state index is 0.874. The smallest absolute Gasteiger partial charge is 0.137 e. The van der Waals surface area contributed by atoms with E-state index in [-0.39, 0.29) is 0 Å². The number of furan rings is 1. The highest BCUT2D eigenvalue weighted by atomic mass is 16.3. The van der Waals surface area contributed by atoms with Gasteiger partial charge in [-0.05, 0) is 85.1 Å². The van der Waals surface area contributed by atoms with E-state index in [1.807, 2.05) is 0 Å².